The largest absolute Gasteiger partial charge is 0.478 e. The van der Waals surface area contributed by atoms with Gasteiger partial charge in [0, 0.05) is 79.3 Å². The second-order valence-corrected chi connectivity index (χ2v) is 19.1. The van der Waals surface area contributed by atoms with Crippen molar-refractivity contribution in [2.75, 3.05) is 46.4 Å². The average molecular weight is 1320 g/mol. The summed E-state index contributed by atoms with van der Waals surface area (Å²) in [6.07, 6.45) is -0.855. The van der Waals surface area contributed by atoms with E-state index in [1.165, 1.54) is 163 Å². The number of carbonyl (C=O) groups is 8. The number of nitrogens with zero attached hydrogens (tertiary/aromatic N) is 8. The molecule has 0 saturated heterocycles. The first kappa shape index (κ1) is 72.1. The Hall–Kier alpha value is -13.0. The molecule has 6 heterocycles. The Kier molecular flexibility index (Phi) is 25.1. The number of benzene rings is 4. The molecule has 31 heteroatoms. The Balaban J connectivity index is 0.000000203. The quantitative estimate of drug-likeness (QED) is 0.0417. The Labute approximate surface area is 540 Å². The second kappa shape index (κ2) is 33.4. The van der Waals surface area contributed by atoms with Crippen molar-refractivity contribution in [2.24, 2.45) is 0 Å². The van der Waals surface area contributed by atoms with Crippen LogP contribution in [0.25, 0.3) is 33.9 Å². The van der Waals surface area contributed by atoms with Crippen molar-refractivity contribution in [1.29, 1.82) is 0 Å². The van der Waals surface area contributed by atoms with Crippen molar-refractivity contribution in [1.82, 2.24) is 55.4 Å². The standard InChI is InChI=1S/C23H17F3N6O2.C14H10F3N5.C10H11NO3.C9H9NO3.C9H8O4/c1-27-21(33)14-4-6-15(7-5-14)22(34)30-20-9-8-17(13-29-20)32-19(23(24,25)26)11-18(31-32)16-3-2-10-28-12-16;15-14(16,17)12-6-11(9-2-1-5-19-7-9)21-22(12)10-3-4-13(18)20-8-10;1-11-9(12)7-3-5-8(6-4-7)10(13)14-2;1-10-8(11)6-2-4-7(5-3-6)9(12)13;1-13-9(12)7-4-2-6(3-5-7)8(10)11/h2-13H,1H3,(H,27,33)(H,29,30,34);1-8H,(H2,18,20);3-6H,1-2H3,(H,11,12);2-5H,1H3,(H,10,11)(H,12,13);2-5H,1H3,(H,10,11). The molecule has 6 aromatic heterocycles. The van der Waals surface area contributed by atoms with E-state index in [1.807, 2.05) is 0 Å². The molecule has 0 bridgehead atoms. The first-order valence-corrected chi connectivity index (χ1v) is 27.5. The van der Waals surface area contributed by atoms with E-state index in [0.29, 0.717) is 38.9 Å². The lowest BCUT2D eigenvalue weighted by Gasteiger charge is -2.10. The summed E-state index contributed by atoms with van der Waals surface area (Å²) < 4.78 is 91.1. The minimum Gasteiger partial charge on any atom is -0.478 e. The average Bonchev–Trinajstić information content (AvgIpc) is 1.68. The second-order valence-electron chi connectivity index (χ2n) is 19.1. The maximum Gasteiger partial charge on any atom is 0.433 e. The lowest BCUT2D eigenvalue weighted by molar-refractivity contribution is -0.143. The van der Waals surface area contributed by atoms with Crippen LogP contribution in [0.5, 0.6) is 0 Å². The summed E-state index contributed by atoms with van der Waals surface area (Å²) in [4.78, 5) is 105. The van der Waals surface area contributed by atoms with Gasteiger partial charge in [0.2, 0.25) is 0 Å². The lowest BCUT2D eigenvalue weighted by atomic mass is 10.1. The van der Waals surface area contributed by atoms with Crippen LogP contribution < -0.4 is 27.0 Å². The van der Waals surface area contributed by atoms with Crippen LogP contribution in [-0.4, -0.2) is 133 Å². The van der Waals surface area contributed by atoms with Gasteiger partial charge in [0.15, 0.2) is 0 Å². The van der Waals surface area contributed by atoms with Crippen LogP contribution in [0.2, 0.25) is 0 Å². The van der Waals surface area contributed by atoms with E-state index in [0.717, 1.165) is 21.5 Å². The number of aromatic nitrogens is 8. The number of carboxylic acid groups (broad SMARTS) is 2. The number of ether oxygens (including phenoxy) is 2. The maximum absolute atomic E-state index is 13.6. The van der Waals surface area contributed by atoms with Crippen LogP contribution in [0.1, 0.15) is 94.3 Å². The number of nitrogen functional groups attached to an aromatic ring is 1. The van der Waals surface area contributed by atoms with Crippen molar-refractivity contribution >= 4 is 59.1 Å². The van der Waals surface area contributed by atoms with Gasteiger partial charge < -0.3 is 46.7 Å². The number of esters is 2. The van der Waals surface area contributed by atoms with Gasteiger partial charge in [-0.2, -0.15) is 36.5 Å². The molecule has 0 saturated carbocycles. The van der Waals surface area contributed by atoms with Crippen molar-refractivity contribution in [3.05, 3.63) is 251 Å². The molecule has 25 nitrogen and oxygen atoms in total. The number of nitrogens with two attached hydrogens (primary N) is 1. The third-order valence-electron chi connectivity index (χ3n) is 12.8. The van der Waals surface area contributed by atoms with Gasteiger partial charge in [-0.1, -0.05) is 0 Å². The van der Waals surface area contributed by atoms with Crippen LogP contribution in [-0.2, 0) is 21.8 Å². The summed E-state index contributed by atoms with van der Waals surface area (Å²) in [6, 6.07) is 37.5. The Morgan fingerprint density at radius 2 is 0.771 bits per heavy atom. The van der Waals surface area contributed by atoms with E-state index >= 15 is 0 Å². The summed E-state index contributed by atoms with van der Waals surface area (Å²) in [5.41, 5.74) is 7.79. The minimum absolute atomic E-state index is 0.0652. The van der Waals surface area contributed by atoms with E-state index < -0.39 is 53.5 Å². The predicted molar refractivity (Wildman–Crippen MR) is 334 cm³/mol. The highest BCUT2D eigenvalue weighted by Crippen LogP contribution is 2.35. The van der Waals surface area contributed by atoms with Crippen LogP contribution in [0.15, 0.2) is 195 Å². The van der Waals surface area contributed by atoms with Crippen LogP contribution >= 0.6 is 0 Å². The fourth-order valence-corrected chi connectivity index (χ4v) is 7.88. The summed E-state index contributed by atoms with van der Waals surface area (Å²) in [6.45, 7) is 0. The van der Waals surface area contributed by atoms with Crippen LogP contribution in [0, 0.1) is 0 Å². The zero-order chi connectivity index (χ0) is 70.3. The molecule has 96 heavy (non-hydrogen) atoms. The number of hydrogen-bond donors (Lipinski definition) is 7. The topological polar surface area (TPSA) is 357 Å². The van der Waals surface area contributed by atoms with Crippen molar-refractivity contribution < 1.29 is 84.4 Å². The van der Waals surface area contributed by atoms with Crippen molar-refractivity contribution in [3.63, 3.8) is 0 Å². The number of anilines is 2. The Bertz CT molecular complexity index is 4210. The highest BCUT2D eigenvalue weighted by molar-refractivity contribution is 6.05. The SMILES string of the molecule is CNC(=O)c1ccc(C(=O)Nc2ccc(-n3nc(-c4cccnc4)cc3C(F)(F)F)cn2)cc1.CNC(=O)c1ccc(C(=O)O)cc1.CNC(=O)c1ccc(C(=O)OC)cc1.COC(=O)c1ccc(C(=O)O)cc1.Nc1ccc(-n2nc(-c3cccnc3)cc2C(F)(F)F)cn1. The van der Waals surface area contributed by atoms with E-state index in [1.54, 1.807) is 55.6 Å². The molecule has 494 valence electrons. The zero-order valence-electron chi connectivity index (χ0n) is 50.9. The molecule has 4 amide bonds. The van der Waals surface area contributed by atoms with Gasteiger partial charge in [-0.25, -0.2) is 38.5 Å². The minimum atomic E-state index is -4.65. The first-order chi connectivity index (χ1) is 45.7. The summed E-state index contributed by atoms with van der Waals surface area (Å²) in [5.74, 6) is -3.72. The predicted octanol–water partition coefficient (Wildman–Crippen LogP) is 9.64. The summed E-state index contributed by atoms with van der Waals surface area (Å²) >= 11 is 0. The number of aromatic carboxylic acids is 2. The van der Waals surface area contributed by atoms with Gasteiger partial charge in [0.05, 0.1) is 71.6 Å². The normalized spacial score (nSPS) is 10.5. The number of pyridine rings is 4. The molecule has 0 spiro atoms. The molecule has 0 fully saturated rings. The lowest BCUT2D eigenvalue weighted by Crippen LogP contribution is -2.18. The molecule has 10 aromatic rings. The highest BCUT2D eigenvalue weighted by atomic mass is 19.4. The molecular formula is C65H55F6N13O12. The number of nitrogens with one attached hydrogen (secondary N) is 4. The Morgan fingerprint density at radius 1 is 0.438 bits per heavy atom. The molecule has 10 rings (SSSR count). The molecular weight excluding hydrogens is 1270 g/mol. The smallest absolute Gasteiger partial charge is 0.433 e. The number of halogens is 6. The molecule has 0 aliphatic heterocycles. The maximum atomic E-state index is 13.6. The van der Waals surface area contributed by atoms with Gasteiger partial charge in [0.1, 0.15) is 23.0 Å². The van der Waals surface area contributed by atoms with Crippen LogP contribution in [0.3, 0.4) is 0 Å². The van der Waals surface area contributed by atoms with E-state index in [9.17, 15) is 64.7 Å². The number of hydrogen-bond acceptors (Lipinski definition) is 17. The van der Waals surface area contributed by atoms with Gasteiger partial charge >= 0.3 is 36.2 Å². The summed E-state index contributed by atoms with van der Waals surface area (Å²) in [5, 5.41) is 35.2. The Morgan fingerprint density at radius 3 is 1.05 bits per heavy atom. The molecule has 4 aromatic carbocycles. The zero-order valence-corrected chi connectivity index (χ0v) is 50.9. The van der Waals surface area contributed by atoms with Crippen molar-refractivity contribution in [3.8, 4) is 33.9 Å². The van der Waals surface area contributed by atoms with Gasteiger partial charge in [0.25, 0.3) is 23.6 Å². The molecule has 0 radical (unpaired) electrons. The fourth-order valence-electron chi connectivity index (χ4n) is 7.88. The molecule has 8 N–H and O–H groups in total. The number of methoxy groups -OCH3 is 2. The molecule has 0 aliphatic rings. The van der Waals surface area contributed by atoms with Gasteiger partial charge in [-0.15, -0.1) is 0 Å². The fraction of sp³-hybridized carbons (Fsp3) is 0.108. The number of carbonyl (C=O) groups excluding carboxylic acids is 6. The van der Waals surface area contributed by atoms with Gasteiger partial charge in [-0.3, -0.25) is 29.1 Å². The van der Waals surface area contributed by atoms with Crippen LogP contribution in [0.4, 0.5) is 38.0 Å². The third-order valence-corrected chi connectivity index (χ3v) is 12.8. The van der Waals surface area contributed by atoms with Crippen molar-refractivity contribution in [2.45, 2.75) is 12.4 Å². The third kappa shape index (κ3) is 20.0. The van der Waals surface area contributed by atoms with E-state index in [2.05, 4.69) is 60.9 Å². The first-order valence-electron chi connectivity index (χ1n) is 27.5. The summed E-state index contributed by atoms with van der Waals surface area (Å²) in [7, 11) is 7.16. The number of alkyl halides is 6. The number of carboxylic acids is 2. The highest BCUT2D eigenvalue weighted by Gasteiger charge is 2.38. The van der Waals surface area contributed by atoms with E-state index in [4.69, 9.17) is 15.9 Å². The van der Waals surface area contributed by atoms with Gasteiger partial charge in [-0.05, 0) is 158 Å². The monoisotopic (exact) mass is 1320 g/mol. The molecule has 0 unspecified atom stereocenters. The number of rotatable bonds is 13. The molecule has 0 atom stereocenters. The van der Waals surface area contributed by atoms with E-state index in [-0.39, 0.29) is 68.8 Å². The number of amides is 4. The molecule has 0 aliphatic carbocycles.